The normalized spacial score (nSPS) is 12.7. The van der Waals surface area contributed by atoms with Crippen LogP contribution in [0.4, 0.5) is 0 Å². The van der Waals surface area contributed by atoms with Gasteiger partial charge in [0.15, 0.2) is 0 Å². The molecule has 0 unspecified atom stereocenters. The molecule has 0 spiro atoms. The molecule has 0 atom stereocenters. The smallest absolute Gasteiger partial charge is 0.679 e. The average Bonchev–Trinajstić information content (AvgIpc) is 2.08. The van der Waals surface area contributed by atoms with Gasteiger partial charge in [0, 0.05) is 0 Å². The van der Waals surface area contributed by atoms with E-state index in [9.17, 15) is 0 Å². The second kappa shape index (κ2) is 14.4. The first-order valence-electron chi connectivity index (χ1n) is 9.00. The van der Waals surface area contributed by atoms with E-state index in [2.05, 4.69) is 102 Å². The molecule has 0 aliphatic rings. The molecule has 0 saturated heterocycles. The predicted molar refractivity (Wildman–Crippen MR) is 125 cm³/mol. The van der Waals surface area contributed by atoms with E-state index in [1.807, 2.05) is 0 Å². The summed E-state index contributed by atoms with van der Waals surface area (Å²) >= 11 is 0. The fourth-order valence-electron chi connectivity index (χ4n) is 0. The van der Waals surface area contributed by atoms with Crippen LogP contribution in [0, 0.1) is 0 Å². The van der Waals surface area contributed by atoms with Gasteiger partial charge in [-0.1, -0.05) is 141 Å². The number of rotatable bonds is 0. The van der Waals surface area contributed by atoms with E-state index in [-0.39, 0.29) is 71.7 Å². The second-order valence-electron chi connectivity index (χ2n) is 11.6. The first-order chi connectivity index (χ1) is 9.75. The van der Waals surface area contributed by atoms with Crippen molar-refractivity contribution >= 4 is 24.7 Å². The van der Waals surface area contributed by atoms with Gasteiger partial charge in [-0.3, -0.25) is 0 Å². The molecule has 0 aliphatic heterocycles. The first-order valence-corrected chi connectivity index (χ1v) is 18.0. The van der Waals surface area contributed by atoms with Crippen molar-refractivity contribution in [2.45, 2.75) is 117 Å². The van der Waals surface area contributed by atoms with E-state index < -0.39 is 24.7 Å². The molecule has 150 valence electrons. The Balaban J connectivity index is -0.0000000580. The molecule has 0 aromatic carbocycles. The van der Waals surface area contributed by atoms with E-state index in [0.717, 1.165) is 0 Å². The zero-order chi connectivity index (χ0) is 21.0. The topological polar surface area (TPSA) is 71.4 Å². The first kappa shape index (κ1) is 43.2. The number of hydrogen-bond donors (Lipinski definition) is 0. The third-order valence-electron chi connectivity index (χ3n) is 5.62. The molecule has 0 amide bonds. The van der Waals surface area contributed by atoms with Crippen molar-refractivity contribution in [1.29, 1.82) is 0 Å². The third kappa shape index (κ3) is 22.8. The molecular weight excluding hydrogens is 363 g/mol. The Morgan fingerprint density at radius 1 is 0.370 bits per heavy atom. The van der Waals surface area contributed by atoms with Gasteiger partial charge in [0.2, 0.25) is 0 Å². The minimum absolute atomic E-state index is 0. The molecule has 3 nitrogen and oxygen atoms in total. The maximum atomic E-state index is 7.72. The molecule has 0 saturated carbocycles. The van der Waals surface area contributed by atoms with Crippen LogP contribution >= 0.6 is 0 Å². The number of nitrogens with one attached hydrogen (secondary N) is 3. The van der Waals surface area contributed by atoms with Crippen LogP contribution in [0.25, 0.3) is 16.2 Å². The van der Waals surface area contributed by atoms with Gasteiger partial charge in [0.25, 0.3) is 0 Å². The Hall–Kier alpha value is 2.32. The monoisotopic (exact) mass is 411 g/mol. The SMILES string of the molecule is CC(C)(C)[Si](C)(C)[NH-].CC(C)(C)[Si](C)(C)[NH-].CC(C)(C)[Si](C)(C)[NH-].[Li+].[Li+].[Li+]. The van der Waals surface area contributed by atoms with Crippen molar-refractivity contribution in [2.75, 3.05) is 0 Å². The van der Waals surface area contributed by atoms with Crippen molar-refractivity contribution < 1.29 is 56.6 Å². The molecule has 0 aromatic heterocycles. The van der Waals surface area contributed by atoms with Gasteiger partial charge >= 0.3 is 56.6 Å². The van der Waals surface area contributed by atoms with Crippen molar-refractivity contribution in [3.8, 4) is 0 Å². The van der Waals surface area contributed by atoms with Gasteiger partial charge in [-0.05, 0) is 0 Å². The van der Waals surface area contributed by atoms with E-state index in [1.54, 1.807) is 0 Å². The Morgan fingerprint density at radius 2 is 0.407 bits per heavy atom. The molecule has 3 N–H and O–H groups in total. The summed E-state index contributed by atoms with van der Waals surface area (Å²) in [4.78, 5) is 0. The maximum Gasteiger partial charge on any atom is 1.00 e. The summed E-state index contributed by atoms with van der Waals surface area (Å²) in [6.45, 7) is 31.8. The minimum atomic E-state index is -1.61. The van der Waals surface area contributed by atoms with E-state index in [0.29, 0.717) is 0 Å². The second-order valence-corrected chi connectivity index (χ2v) is 25.9. The summed E-state index contributed by atoms with van der Waals surface area (Å²) in [6, 6.07) is 0. The van der Waals surface area contributed by atoms with Gasteiger partial charge in [0.05, 0.1) is 0 Å². The Morgan fingerprint density at radius 3 is 0.407 bits per heavy atom. The van der Waals surface area contributed by atoms with Gasteiger partial charge in [-0.2, -0.15) is 0 Å². The van der Waals surface area contributed by atoms with Gasteiger partial charge in [-0.25, -0.2) is 0 Å². The Kier molecular flexibility index (Phi) is 23.1. The molecule has 0 aromatic rings. The van der Waals surface area contributed by atoms with Crippen LogP contribution in [-0.2, 0) is 0 Å². The molecule has 0 bridgehead atoms. The maximum absolute atomic E-state index is 7.72. The van der Waals surface area contributed by atoms with Crippen LogP contribution in [0.2, 0.25) is 54.4 Å². The molecule has 0 aliphatic carbocycles. The standard InChI is InChI=1S/3C6H16NSi.3Li/c3*1-6(2,3)8(4,5)7;;;/h3*7H,1-5H3;;;/q3*-1;3*+1. The third-order valence-corrected chi connectivity index (χ3v) is 16.9. The van der Waals surface area contributed by atoms with E-state index >= 15 is 0 Å². The molecular formula is C18H48Li3N3Si3. The van der Waals surface area contributed by atoms with Crippen molar-refractivity contribution in [1.82, 2.24) is 0 Å². The van der Waals surface area contributed by atoms with Crippen LogP contribution < -0.4 is 56.6 Å². The van der Waals surface area contributed by atoms with Crippen LogP contribution in [0.3, 0.4) is 0 Å². The molecule has 27 heavy (non-hydrogen) atoms. The average molecular weight is 412 g/mol. The predicted octanol–water partition coefficient (Wildman–Crippen LogP) is 0.143. The quantitative estimate of drug-likeness (QED) is 0.509. The van der Waals surface area contributed by atoms with E-state index in [1.165, 1.54) is 0 Å². The van der Waals surface area contributed by atoms with Crippen molar-refractivity contribution in [2.24, 2.45) is 0 Å². The summed E-state index contributed by atoms with van der Waals surface area (Å²) in [5.74, 6) is 0. The van der Waals surface area contributed by atoms with Crippen molar-refractivity contribution in [3.05, 3.63) is 16.2 Å². The summed E-state index contributed by atoms with van der Waals surface area (Å²) in [6.07, 6.45) is 0. The Bertz CT molecular complexity index is 261. The fraction of sp³-hybridized carbons (Fsp3) is 1.00. The van der Waals surface area contributed by atoms with E-state index in [4.69, 9.17) is 16.2 Å². The summed E-state index contributed by atoms with van der Waals surface area (Å²) < 4.78 is 0. The Labute approximate surface area is 212 Å². The molecule has 0 rings (SSSR count). The molecule has 0 fully saturated rings. The summed E-state index contributed by atoms with van der Waals surface area (Å²) in [5.41, 5.74) is 0. The van der Waals surface area contributed by atoms with Crippen LogP contribution in [0.5, 0.6) is 0 Å². The molecule has 9 heteroatoms. The van der Waals surface area contributed by atoms with Crippen molar-refractivity contribution in [3.63, 3.8) is 0 Å². The zero-order valence-corrected chi connectivity index (χ0v) is 25.5. The largest absolute Gasteiger partial charge is 1.00 e. The number of hydrogen-bond acceptors (Lipinski definition) is 0. The summed E-state index contributed by atoms with van der Waals surface area (Å²) in [7, 11) is -4.83. The molecule has 0 radical (unpaired) electrons. The fourth-order valence-corrected chi connectivity index (χ4v) is 0. The summed E-state index contributed by atoms with van der Waals surface area (Å²) in [5, 5.41) is 23.9. The van der Waals surface area contributed by atoms with Crippen LogP contribution in [0.1, 0.15) is 62.3 Å². The zero-order valence-electron chi connectivity index (χ0n) is 22.5. The van der Waals surface area contributed by atoms with Crippen LogP contribution in [-0.4, -0.2) is 24.7 Å². The van der Waals surface area contributed by atoms with Gasteiger partial charge in [0.1, 0.15) is 0 Å². The minimum Gasteiger partial charge on any atom is -0.679 e. The van der Waals surface area contributed by atoms with Gasteiger partial charge < -0.3 is 16.2 Å². The molecule has 0 heterocycles. The van der Waals surface area contributed by atoms with Gasteiger partial charge in [-0.15, -0.1) is 0 Å². The van der Waals surface area contributed by atoms with Crippen LogP contribution in [0.15, 0.2) is 0 Å².